The molecule has 0 saturated heterocycles. The third-order valence-corrected chi connectivity index (χ3v) is 6.06. The minimum atomic E-state index is -3.31. The van der Waals surface area contributed by atoms with Gasteiger partial charge in [0.25, 0.3) is 0 Å². The van der Waals surface area contributed by atoms with Crippen molar-refractivity contribution in [3.05, 3.63) is 16.3 Å². The van der Waals surface area contributed by atoms with Gasteiger partial charge in [-0.05, 0) is 25.5 Å². The Morgan fingerprint density at radius 2 is 2.00 bits per heavy atom. The molecule has 4 nitrogen and oxygen atoms in total. The van der Waals surface area contributed by atoms with Gasteiger partial charge < -0.3 is 5.32 Å². The lowest BCUT2D eigenvalue weighted by molar-refractivity contribution is 0.454. The van der Waals surface area contributed by atoms with Crippen molar-refractivity contribution in [1.82, 2.24) is 9.62 Å². The molecule has 116 valence electrons. The van der Waals surface area contributed by atoms with Crippen LogP contribution in [0.2, 0.25) is 0 Å². The van der Waals surface area contributed by atoms with Gasteiger partial charge in [0.2, 0.25) is 10.0 Å². The molecule has 0 aliphatic heterocycles. The van der Waals surface area contributed by atoms with Crippen molar-refractivity contribution in [3.63, 3.8) is 0 Å². The maximum atomic E-state index is 12.4. The molecule has 1 aromatic rings. The Kier molecular flexibility index (Phi) is 7.72. The average Bonchev–Trinajstić information content (AvgIpc) is 2.88. The first-order valence-electron chi connectivity index (χ1n) is 7.26. The van der Waals surface area contributed by atoms with Gasteiger partial charge in [-0.2, -0.15) is 0 Å². The van der Waals surface area contributed by atoms with Crippen LogP contribution in [0.5, 0.6) is 0 Å². The van der Waals surface area contributed by atoms with Crippen LogP contribution in [0.1, 0.15) is 44.4 Å². The largest absolute Gasteiger partial charge is 0.312 e. The molecule has 0 atom stereocenters. The highest BCUT2D eigenvalue weighted by atomic mass is 32.2. The molecule has 0 radical (unpaired) electrons. The lowest BCUT2D eigenvalue weighted by atomic mass is 10.2. The lowest BCUT2D eigenvalue weighted by Gasteiger charge is -2.15. The van der Waals surface area contributed by atoms with Gasteiger partial charge in [0, 0.05) is 30.4 Å². The zero-order valence-electron chi connectivity index (χ0n) is 12.7. The Morgan fingerprint density at radius 1 is 1.25 bits per heavy atom. The lowest BCUT2D eigenvalue weighted by Crippen LogP contribution is -2.27. The number of hydrogen-bond acceptors (Lipinski definition) is 4. The molecule has 0 fully saturated rings. The van der Waals surface area contributed by atoms with Gasteiger partial charge in [0.1, 0.15) is 0 Å². The van der Waals surface area contributed by atoms with Gasteiger partial charge in [0.15, 0.2) is 0 Å². The third kappa shape index (κ3) is 5.16. The molecule has 0 amide bonds. The van der Waals surface area contributed by atoms with Crippen LogP contribution in [-0.2, 0) is 16.6 Å². The minimum absolute atomic E-state index is 0.426. The summed E-state index contributed by atoms with van der Waals surface area (Å²) >= 11 is 1.50. The molecule has 20 heavy (non-hydrogen) atoms. The molecule has 0 aromatic carbocycles. The summed E-state index contributed by atoms with van der Waals surface area (Å²) in [6, 6.07) is 1.79. The number of nitrogens with one attached hydrogen (secondary N) is 1. The monoisotopic (exact) mass is 318 g/mol. The first kappa shape index (κ1) is 17.6. The van der Waals surface area contributed by atoms with Gasteiger partial charge in [-0.1, -0.05) is 26.7 Å². The predicted molar refractivity (Wildman–Crippen MR) is 85.7 cm³/mol. The summed E-state index contributed by atoms with van der Waals surface area (Å²) in [7, 11) is -1.65. The number of thiophene rings is 1. The van der Waals surface area contributed by atoms with Crippen LogP contribution in [0.15, 0.2) is 16.3 Å². The van der Waals surface area contributed by atoms with E-state index in [2.05, 4.69) is 19.2 Å². The summed E-state index contributed by atoms with van der Waals surface area (Å²) in [5.41, 5.74) is 0. The Hall–Kier alpha value is -0.430. The van der Waals surface area contributed by atoms with Gasteiger partial charge in [-0.25, -0.2) is 12.7 Å². The number of rotatable bonds is 10. The highest BCUT2D eigenvalue weighted by molar-refractivity contribution is 7.89. The van der Waals surface area contributed by atoms with E-state index in [9.17, 15) is 8.42 Å². The Morgan fingerprint density at radius 3 is 2.65 bits per heavy atom. The fraction of sp³-hybridized carbons (Fsp3) is 0.714. The molecule has 0 bridgehead atoms. The average molecular weight is 319 g/mol. The molecule has 0 saturated carbocycles. The quantitative estimate of drug-likeness (QED) is 0.675. The molecule has 1 rings (SSSR count). The van der Waals surface area contributed by atoms with Gasteiger partial charge in [0.05, 0.1) is 4.90 Å². The summed E-state index contributed by atoms with van der Waals surface area (Å²) in [6.45, 7) is 6.52. The van der Waals surface area contributed by atoms with E-state index in [1.54, 1.807) is 18.5 Å². The fourth-order valence-electron chi connectivity index (χ4n) is 1.86. The van der Waals surface area contributed by atoms with Crippen molar-refractivity contribution >= 4 is 21.4 Å². The summed E-state index contributed by atoms with van der Waals surface area (Å²) < 4.78 is 26.2. The topological polar surface area (TPSA) is 49.4 Å². The van der Waals surface area contributed by atoms with Crippen LogP contribution in [0.4, 0.5) is 0 Å². The molecule has 0 aliphatic rings. The van der Waals surface area contributed by atoms with Crippen molar-refractivity contribution in [3.8, 4) is 0 Å². The second-order valence-electron chi connectivity index (χ2n) is 4.96. The molecule has 1 aromatic heterocycles. The van der Waals surface area contributed by atoms with Gasteiger partial charge >= 0.3 is 0 Å². The van der Waals surface area contributed by atoms with Crippen LogP contribution in [0, 0.1) is 0 Å². The molecule has 0 aliphatic carbocycles. The molecule has 1 N–H and O–H groups in total. The maximum absolute atomic E-state index is 12.4. The second-order valence-corrected chi connectivity index (χ2v) is 8.00. The van der Waals surface area contributed by atoms with Crippen molar-refractivity contribution in [2.45, 2.75) is 51.0 Å². The van der Waals surface area contributed by atoms with Crippen molar-refractivity contribution in [2.24, 2.45) is 0 Å². The number of hydrogen-bond donors (Lipinski definition) is 1. The van der Waals surface area contributed by atoms with Crippen LogP contribution in [0.3, 0.4) is 0 Å². The Labute approximate surface area is 127 Å². The molecule has 0 spiro atoms. The zero-order chi connectivity index (χ0) is 15.0. The first-order chi connectivity index (χ1) is 9.52. The smallest absolute Gasteiger partial charge is 0.243 e. The van der Waals surface area contributed by atoms with Crippen LogP contribution >= 0.6 is 11.3 Å². The third-order valence-electron chi connectivity index (χ3n) is 3.14. The molecular formula is C14H26N2O2S2. The van der Waals surface area contributed by atoms with E-state index >= 15 is 0 Å². The van der Waals surface area contributed by atoms with Crippen LogP contribution in [-0.4, -0.2) is 32.9 Å². The van der Waals surface area contributed by atoms with Crippen LogP contribution < -0.4 is 5.32 Å². The normalized spacial score (nSPS) is 12.2. The molecule has 0 unspecified atom stereocenters. The van der Waals surface area contributed by atoms with E-state index < -0.39 is 10.0 Å². The highest BCUT2D eigenvalue weighted by Gasteiger charge is 2.21. The summed E-state index contributed by atoms with van der Waals surface area (Å²) in [5, 5.41) is 5.03. The molecule has 1 heterocycles. The Balaban J connectivity index is 2.62. The van der Waals surface area contributed by atoms with Gasteiger partial charge in [-0.15, -0.1) is 11.3 Å². The first-order valence-corrected chi connectivity index (χ1v) is 9.58. The molecule has 6 heteroatoms. The zero-order valence-corrected chi connectivity index (χ0v) is 14.3. The van der Waals surface area contributed by atoms with E-state index in [4.69, 9.17) is 0 Å². The van der Waals surface area contributed by atoms with E-state index in [1.807, 2.05) is 0 Å². The maximum Gasteiger partial charge on any atom is 0.243 e. The summed E-state index contributed by atoms with van der Waals surface area (Å²) in [4.78, 5) is 1.49. The number of sulfonamides is 1. The van der Waals surface area contributed by atoms with E-state index in [0.717, 1.165) is 43.6 Å². The van der Waals surface area contributed by atoms with Gasteiger partial charge in [-0.3, -0.25) is 0 Å². The van der Waals surface area contributed by atoms with Crippen LogP contribution in [0.25, 0.3) is 0 Å². The van der Waals surface area contributed by atoms with Crippen molar-refractivity contribution in [2.75, 3.05) is 20.1 Å². The van der Waals surface area contributed by atoms with E-state index in [0.29, 0.717) is 11.4 Å². The van der Waals surface area contributed by atoms with Crippen molar-refractivity contribution in [1.29, 1.82) is 0 Å². The predicted octanol–water partition coefficient (Wildman–Crippen LogP) is 3.06. The van der Waals surface area contributed by atoms with Crippen molar-refractivity contribution < 1.29 is 8.42 Å². The van der Waals surface area contributed by atoms with E-state index in [-0.39, 0.29) is 0 Å². The number of nitrogens with zero attached hydrogens (tertiary/aromatic N) is 1. The Bertz CT molecular complexity index is 483. The molecular weight excluding hydrogens is 292 g/mol. The summed E-state index contributed by atoms with van der Waals surface area (Å²) in [6.07, 6.45) is 4.16. The fourth-order valence-corrected chi connectivity index (χ4v) is 4.30. The summed E-state index contributed by atoms with van der Waals surface area (Å²) in [5.74, 6) is 0. The number of unbranched alkanes of at least 4 members (excludes halogenated alkanes) is 2. The minimum Gasteiger partial charge on any atom is -0.312 e. The SMILES string of the molecule is CCCCCN(C)S(=O)(=O)c1csc(CNCCC)c1. The standard InChI is InChI=1S/C14H26N2O2S2/c1-4-6-7-9-16(3)20(17,18)14-10-13(19-12-14)11-15-8-5-2/h10,12,15H,4-9,11H2,1-3H3. The highest BCUT2D eigenvalue weighted by Crippen LogP contribution is 2.22. The van der Waals surface area contributed by atoms with E-state index in [1.165, 1.54) is 15.6 Å². The second kappa shape index (κ2) is 8.77.